The van der Waals surface area contributed by atoms with Crippen LogP contribution in [-0.4, -0.2) is 65.7 Å². The number of rotatable bonds is 4. The fourth-order valence-electron chi connectivity index (χ4n) is 2.18. The molecule has 2 N–H and O–H groups in total. The first-order chi connectivity index (χ1) is 8.40. The molecule has 1 fully saturated rings. The zero-order valence-electron chi connectivity index (χ0n) is 11.3. The lowest BCUT2D eigenvalue weighted by Gasteiger charge is -2.33. The van der Waals surface area contributed by atoms with Crippen LogP contribution in [0.3, 0.4) is 0 Å². The van der Waals surface area contributed by atoms with Crippen LogP contribution < -0.4 is 5.32 Å². The second kappa shape index (κ2) is 6.58. The number of carboxylic acids is 1. The monoisotopic (exact) mass is 257 g/mol. The summed E-state index contributed by atoms with van der Waals surface area (Å²) in [5.74, 6) is -0.986. The minimum atomic E-state index is -0.986. The molecule has 18 heavy (non-hydrogen) atoms. The van der Waals surface area contributed by atoms with Crippen LogP contribution in [0.4, 0.5) is 4.79 Å². The van der Waals surface area contributed by atoms with Crippen LogP contribution in [0.5, 0.6) is 0 Å². The highest BCUT2D eigenvalue weighted by molar-refractivity contribution is 5.80. The number of likely N-dealkylation sites (tertiary alicyclic amines) is 1. The maximum Gasteiger partial charge on any atom is 0.323 e. The van der Waals surface area contributed by atoms with Crippen LogP contribution in [-0.2, 0) is 4.79 Å². The molecule has 1 unspecified atom stereocenters. The van der Waals surface area contributed by atoms with Gasteiger partial charge in [-0.05, 0) is 40.3 Å². The number of carbonyl (C=O) groups excluding carboxylic acids is 1. The van der Waals surface area contributed by atoms with E-state index in [4.69, 9.17) is 5.11 Å². The van der Waals surface area contributed by atoms with E-state index < -0.39 is 5.97 Å². The number of likely N-dealkylation sites (N-methyl/N-ethyl adjacent to an activating group) is 1. The molecule has 104 valence electrons. The molecule has 1 aliphatic heterocycles. The lowest BCUT2D eigenvalue weighted by atomic mass is 10.1. The van der Waals surface area contributed by atoms with Gasteiger partial charge in [0.1, 0.15) is 6.54 Å². The number of hydrogen-bond acceptors (Lipinski definition) is 3. The Morgan fingerprint density at radius 1 is 1.50 bits per heavy atom. The van der Waals surface area contributed by atoms with Crippen LogP contribution in [0, 0.1) is 0 Å². The van der Waals surface area contributed by atoms with Gasteiger partial charge in [-0.1, -0.05) is 0 Å². The van der Waals surface area contributed by atoms with Gasteiger partial charge in [0.2, 0.25) is 0 Å². The van der Waals surface area contributed by atoms with Gasteiger partial charge in [-0.2, -0.15) is 0 Å². The largest absolute Gasteiger partial charge is 0.480 e. The van der Waals surface area contributed by atoms with E-state index in [9.17, 15) is 9.59 Å². The number of hydrogen-bond donors (Lipinski definition) is 2. The number of carboxylic acid groups (broad SMARTS) is 1. The van der Waals surface area contributed by atoms with E-state index in [1.54, 1.807) is 0 Å². The van der Waals surface area contributed by atoms with E-state index in [0.717, 1.165) is 25.9 Å². The maximum absolute atomic E-state index is 12.0. The molecule has 0 spiro atoms. The number of piperidine rings is 1. The molecular formula is C12H23N3O3. The molecule has 2 amide bonds. The minimum absolute atomic E-state index is 0.117. The smallest absolute Gasteiger partial charge is 0.323 e. The Bertz CT molecular complexity index is 307. The molecule has 1 saturated heterocycles. The molecule has 0 radical (unpaired) electrons. The number of carbonyl (C=O) groups is 2. The lowest BCUT2D eigenvalue weighted by Crippen LogP contribution is -2.53. The molecule has 0 saturated carbocycles. The van der Waals surface area contributed by atoms with Gasteiger partial charge in [0, 0.05) is 18.6 Å². The molecule has 1 rings (SSSR count). The molecule has 0 aromatic rings. The first-order valence-electron chi connectivity index (χ1n) is 6.37. The Labute approximate surface area is 108 Å². The summed E-state index contributed by atoms with van der Waals surface area (Å²) < 4.78 is 0. The molecule has 0 bridgehead atoms. The summed E-state index contributed by atoms with van der Waals surface area (Å²) in [6.45, 7) is 5.25. The van der Waals surface area contributed by atoms with E-state index in [2.05, 4.69) is 10.2 Å². The number of nitrogens with zero attached hydrogens (tertiary/aromatic N) is 2. The standard InChI is InChI=1S/C12H23N3O3/c1-9(2)15(8-11(16)17)12(18)13-10-5-4-6-14(3)7-10/h9-10H,4-8H2,1-3H3,(H,13,18)(H,16,17). The van der Waals surface area contributed by atoms with Crippen molar-refractivity contribution >= 4 is 12.0 Å². The fraction of sp³-hybridized carbons (Fsp3) is 0.833. The van der Waals surface area contributed by atoms with Gasteiger partial charge in [-0.15, -0.1) is 0 Å². The van der Waals surface area contributed by atoms with Crippen molar-refractivity contribution in [3.63, 3.8) is 0 Å². The highest BCUT2D eigenvalue weighted by atomic mass is 16.4. The molecule has 1 aliphatic rings. The molecular weight excluding hydrogens is 234 g/mol. The van der Waals surface area contributed by atoms with E-state index in [1.165, 1.54) is 4.90 Å². The van der Waals surface area contributed by atoms with Crippen LogP contribution in [0.15, 0.2) is 0 Å². The third-order valence-corrected chi connectivity index (χ3v) is 3.14. The first-order valence-corrected chi connectivity index (χ1v) is 6.37. The highest BCUT2D eigenvalue weighted by Gasteiger charge is 2.24. The van der Waals surface area contributed by atoms with Gasteiger partial charge in [0.05, 0.1) is 0 Å². The van der Waals surface area contributed by atoms with Crippen molar-refractivity contribution in [3.05, 3.63) is 0 Å². The van der Waals surface area contributed by atoms with Crippen molar-refractivity contribution < 1.29 is 14.7 Å². The van der Waals surface area contributed by atoms with E-state index in [0.29, 0.717) is 0 Å². The summed E-state index contributed by atoms with van der Waals surface area (Å²) in [4.78, 5) is 26.3. The predicted molar refractivity (Wildman–Crippen MR) is 68.5 cm³/mol. The Balaban J connectivity index is 2.52. The molecule has 6 nitrogen and oxygen atoms in total. The summed E-state index contributed by atoms with van der Waals surface area (Å²) in [5, 5.41) is 11.7. The van der Waals surface area contributed by atoms with Crippen molar-refractivity contribution in [3.8, 4) is 0 Å². The minimum Gasteiger partial charge on any atom is -0.480 e. The second-order valence-electron chi connectivity index (χ2n) is 5.17. The summed E-state index contributed by atoms with van der Waals surface area (Å²) in [6.07, 6.45) is 2.01. The van der Waals surface area contributed by atoms with Crippen LogP contribution in [0.25, 0.3) is 0 Å². The van der Waals surface area contributed by atoms with Crippen molar-refractivity contribution in [2.75, 3.05) is 26.7 Å². The normalized spacial score (nSPS) is 20.8. The maximum atomic E-state index is 12.0. The van der Waals surface area contributed by atoms with E-state index in [1.807, 2.05) is 20.9 Å². The topological polar surface area (TPSA) is 72.9 Å². The van der Waals surface area contributed by atoms with Crippen molar-refractivity contribution in [1.82, 2.24) is 15.1 Å². The summed E-state index contributed by atoms with van der Waals surface area (Å²) in [7, 11) is 2.02. The predicted octanol–water partition coefficient (Wildman–Crippen LogP) is 0.585. The summed E-state index contributed by atoms with van der Waals surface area (Å²) in [6, 6.07) is -0.290. The summed E-state index contributed by atoms with van der Waals surface area (Å²) in [5.41, 5.74) is 0. The first kappa shape index (κ1) is 14.8. The summed E-state index contributed by atoms with van der Waals surface area (Å²) >= 11 is 0. The van der Waals surface area contributed by atoms with Gasteiger partial charge in [0.25, 0.3) is 0 Å². The molecule has 0 aliphatic carbocycles. The van der Waals surface area contributed by atoms with Crippen LogP contribution >= 0.6 is 0 Å². The van der Waals surface area contributed by atoms with Gasteiger partial charge in [-0.25, -0.2) is 4.79 Å². The molecule has 0 aromatic heterocycles. The SMILES string of the molecule is CC(C)N(CC(=O)O)C(=O)NC1CCCN(C)C1. The van der Waals surface area contributed by atoms with Gasteiger partial charge >= 0.3 is 12.0 Å². The average molecular weight is 257 g/mol. The van der Waals surface area contributed by atoms with Crippen LogP contribution in [0.2, 0.25) is 0 Å². The second-order valence-corrected chi connectivity index (χ2v) is 5.17. The number of aliphatic carboxylic acids is 1. The van der Waals surface area contributed by atoms with Crippen molar-refractivity contribution in [1.29, 1.82) is 0 Å². The van der Waals surface area contributed by atoms with Crippen LogP contribution in [0.1, 0.15) is 26.7 Å². The number of amides is 2. The van der Waals surface area contributed by atoms with Gasteiger partial charge in [0.15, 0.2) is 0 Å². The number of urea groups is 1. The fourth-order valence-corrected chi connectivity index (χ4v) is 2.18. The zero-order valence-corrected chi connectivity index (χ0v) is 11.3. The van der Waals surface area contributed by atoms with E-state index >= 15 is 0 Å². The molecule has 0 aromatic carbocycles. The molecule has 1 heterocycles. The van der Waals surface area contributed by atoms with Crippen molar-refractivity contribution in [2.45, 2.75) is 38.8 Å². The average Bonchev–Trinajstić information content (AvgIpc) is 2.25. The number of nitrogens with one attached hydrogen (secondary N) is 1. The van der Waals surface area contributed by atoms with E-state index in [-0.39, 0.29) is 24.7 Å². The quantitative estimate of drug-likeness (QED) is 0.773. The Morgan fingerprint density at radius 3 is 2.67 bits per heavy atom. The Kier molecular flexibility index (Phi) is 5.40. The Hall–Kier alpha value is -1.30. The van der Waals surface area contributed by atoms with Gasteiger partial charge < -0.3 is 20.2 Å². The lowest BCUT2D eigenvalue weighted by molar-refractivity contribution is -0.138. The van der Waals surface area contributed by atoms with Crippen molar-refractivity contribution in [2.24, 2.45) is 0 Å². The molecule has 6 heteroatoms. The zero-order chi connectivity index (χ0) is 13.7. The third-order valence-electron chi connectivity index (χ3n) is 3.14. The Morgan fingerprint density at radius 2 is 2.17 bits per heavy atom. The third kappa shape index (κ3) is 4.52. The molecule has 1 atom stereocenters. The van der Waals surface area contributed by atoms with Gasteiger partial charge in [-0.3, -0.25) is 4.79 Å². The highest BCUT2D eigenvalue weighted by Crippen LogP contribution is 2.09.